The molecule has 7 heteroatoms. The van der Waals surface area contributed by atoms with Crippen LogP contribution in [0.15, 0.2) is 6.07 Å². The predicted octanol–water partition coefficient (Wildman–Crippen LogP) is 2.31. The molecule has 1 rings (SSSR count). The fourth-order valence-corrected chi connectivity index (χ4v) is 3.08. The summed E-state index contributed by atoms with van der Waals surface area (Å²) < 4.78 is 28.4. The SMILES string of the molecule is CCCN(CCC)S(=O)(=O)Nc1cc(C(C)C)[nH]n1. The molecule has 110 valence electrons. The van der Waals surface area contributed by atoms with E-state index in [1.165, 1.54) is 4.31 Å². The summed E-state index contributed by atoms with van der Waals surface area (Å²) >= 11 is 0. The van der Waals surface area contributed by atoms with Gasteiger partial charge in [0, 0.05) is 24.8 Å². The molecular weight excluding hydrogens is 264 g/mol. The number of hydrogen-bond acceptors (Lipinski definition) is 3. The number of hydrogen-bond donors (Lipinski definition) is 2. The van der Waals surface area contributed by atoms with Gasteiger partial charge in [-0.15, -0.1) is 0 Å². The molecule has 19 heavy (non-hydrogen) atoms. The summed E-state index contributed by atoms with van der Waals surface area (Å²) in [6, 6.07) is 1.73. The molecule has 0 spiro atoms. The van der Waals surface area contributed by atoms with E-state index in [-0.39, 0.29) is 5.92 Å². The van der Waals surface area contributed by atoms with Gasteiger partial charge in [0.25, 0.3) is 0 Å². The quantitative estimate of drug-likeness (QED) is 0.770. The molecule has 0 atom stereocenters. The highest BCUT2D eigenvalue weighted by atomic mass is 32.2. The molecule has 0 saturated heterocycles. The Kier molecular flexibility index (Phi) is 5.81. The van der Waals surface area contributed by atoms with Crippen molar-refractivity contribution < 1.29 is 8.42 Å². The number of aromatic nitrogens is 2. The Morgan fingerprint density at radius 3 is 2.32 bits per heavy atom. The van der Waals surface area contributed by atoms with E-state index in [9.17, 15) is 8.42 Å². The second kappa shape index (κ2) is 6.91. The van der Waals surface area contributed by atoms with Crippen molar-refractivity contribution in [3.8, 4) is 0 Å². The number of nitrogens with one attached hydrogen (secondary N) is 2. The molecule has 0 fully saturated rings. The molecule has 1 heterocycles. The van der Waals surface area contributed by atoms with Gasteiger partial charge in [-0.05, 0) is 18.8 Å². The van der Waals surface area contributed by atoms with Crippen LogP contribution in [0.3, 0.4) is 0 Å². The van der Waals surface area contributed by atoms with Crippen LogP contribution in [0.2, 0.25) is 0 Å². The van der Waals surface area contributed by atoms with Crippen LogP contribution in [-0.2, 0) is 10.2 Å². The molecule has 0 radical (unpaired) electrons. The van der Waals surface area contributed by atoms with Gasteiger partial charge in [0.2, 0.25) is 0 Å². The zero-order valence-corrected chi connectivity index (χ0v) is 12.9. The molecule has 0 aliphatic heterocycles. The maximum atomic E-state index is 12.2. The van der Waals surface area contributed by atoms with Crippen molar-refractivity contribution in [2.75, 3.05) is 17.8 Å². The lowest BCUT2D eigenvalue weighted by molar-refractivity contribution is 0.413. The number of H-pyrrole nitrogens is 1. The number of anilines is 1. The van der Waals surface area contributed by atoms with Gasteiger partial charge in [0.05, 0.1) is 0 Å². The molecule has 0 aromatic carbocycles. The number of nitrogens with zero attached hydrogens (tertiary/aromatic N) is 2. The molecule has 0 saturated carbocycles. The van der Waals surface area contributed by atoms with E-state index in [2.05, 4.69) is 14.9 Å². The van der Waals surface area contributed by atoms with E-state index >= 15 is 0 Å². The monoisotopic (exact) mass is 288 g/mol. The van der Waals surface area contributed by atoms with Gasteiger partial charge in [-0.2, -0.15) is 17.8 Å². The first-order valence-electron chi connectivity index (χ1n) is 6.73. The summed E-state index contributed by atoms with van der Waals surface area (Å²) in [5, 5.41) is 6.82. The molecule has 0 unspecified atom stereocenters. The first-order chi connectivity index (χ1) is 8.90. The van der Waals surface area contributed by atoms with E-state index in [1.807, 2.05) is 27.7 Å². The van der Waals surface area contributed by atoms with Crippen LogP contribution in [0, 0.1) is 0 Å². The molecule has 6 nitrogen and oxygen atoms in total. The third-order valence-corrected chi connectivity index (χ3v) is 4.25. The molecule has 0 bridgehead atoms. The van der Waals surface area contributed by atoms with Crippen LogP contribution < -0.4 is 4.72 Å². The predicted molar refractivity (Wildman–Crippen MR) is 77.4 cm³/mol. The maximum absolute atomic E-state index is 12.2. The van der Waals surface area contributed by atoms with Gasteiger partial charge >= 0.3 is 10.2 Å². The van der Waals surface area contributed by atoms with Crippen molar-refractivity contribution >= 4 is 16.0 Å². The second-order valence-corrected chi connectivity index (χ2v) is 6.54. The fourth-order valence-electron chi connectivity index (χ4n) is 1.73. The summed E-state index contributed by atoms with van der Waals surface area (Å²) in [5.41, 5.74) is 0.912. The van der Waals surface area contributed by atoms with Gasteiger partial charge < -0.3 is 0 Å². The minimum Gasteiger partial charge on any atom is -0.280 e. The Labute approximate surface area is 115 Å². The lowest BCUT2D eigenvalue weighted by Gasteiger charge is -2.20. The van der Waals surface area contributed by atoms with Crippen molar-refractivity contribution in [3.05, 3.63) is 11.8 Å². The fraction of sp³-hybridized carbons (Fsp3) is 0.750. The van der Waals surface area contributed by atoms with Crippen LogP contribution in [0.4, 0.5) is 5.82 Å². The van der Waals surface area contributed by atoms with Crippen molar-refractivity contribution in [2.45, 2.75) is 46.5 Å². The van der Waals surface area contributed by atoms with Crippen LogP contribution >= 0.6 is 0 Å². The summed E-state index contributed by atoms with van der Waals surface area (Å²) in [6.45, 7) is 9.00. The molecule has 1 aromatic rings. The zero-order valence-electron chi connectivity index (χ0n) is 12.1. The van der Waals surface area contributed by atoms with Crippen LogP contribution in [-0.4, -0.2) is 36.0 Å². The second-order valence-electron chi connectivity index (χ2n) is 4.87. The first-order valence-corrected chi connectivity index (χ1v) is 8.17. The van der Waals surface area contributed by atoms with Crippen molar-refractivity contribution in [2.24, 2.45) is 0 Å². The van der Waals surface area contributed by atoms with Gasteiger partial charge in [-0.1, -0.05) is 27.7 Å². The summed E-state index contributed by atoms with van der Waals surface area (Å²) in [4.78, 5) is 0. The molecular formula is C12H24N4O2S. The lowest BCUT2D eigenvalue weighted by atomic mass is 10.1. The minimum absolute atomic E-state index is 0.285. The summed E-state index contributed by atoms with van der Waals surface area (Å²) in [7, 11) is -3.51. The van der Waals surface area contributed by atoms with Gasteiger partial charge in [0.1, 0.15) is 0 Å². The lowest BCUT2D eigenvalue weighted by Crippen LogP contribution is -2.37. The molecule has 0 amide bonds. The summed E-state index contributed by atoms with van der Waals surface area (Å²) in [6.07, 6.45) is 1.58. The topological polar surface area (TPSA) is 78.1 Å². The molecule has 1 aromatic heterocycles. The van der Waals surface area contributed by atoms with E-state index < -0.39 is 10.2 Å². The standard InChI is InChI=1S/C12H24N4O2S/c1-5-7-16(8-6-2)19(17,18)15-12-9-11(10(3)4)13-14-12/h9-10H,5-8H2,1-4H3,(H2,13,14,15). The Morgan fingerprint density at radius 2 is 1.89 bits per heavy atom. The van der Waals surface area contributed by atoms with Gasteiger partial charge in [-0.25, -0.2) is 0 Å². The normalized spacial score (nSPS) is 12.3. The van der Waals surface area contributed by atoms with Crippen LogP contribution in [0.25, 0.3) is 0 Å². The molecule has 0 aliphatic rings. The summed E-state index contributed by atoms with van der Waals surface area (Å²) in [5.74, 6) is 0.633. The van der Waals surface area contributed by atoms with Gasteiger partial charge in [0.15, 0.2) is 5.82 Å². The smallest absolute Gasteiger partial charge is 0.280 e. The van der Waals surface area contributed by atoms with Crippen molar-refractivity contribution in [1.29, 1.82) is 0 Å². The van der Waals surface area contributed by atoms with E-state index in [0.717, 1.165) is 18.5 Å². The minimum atomic E-state index is -3.51. The first kappa shape index (κ1) is 16.0. The van der Waals surface area contributed by atoms with Crippen molar-refractivity contribution in [1.82, 2.24) is 14.5 Å². The maximum Gasteiger partial charge on any atom is 0.302 e. The third kappa shape index (κ3) is 4.50. The Morgan fingerprint density at radius 1 is 1.32 bits per heavy atom. The number of rotatable bonds is 8. The van der Waals surface area contributed by atoms with Crippen LogP contribution in [0.5, 0.6) is 0 Å². The highest BCUT2D eigenvalue weighted by Crippen LogP contribution is 2.16. The van der Waals surface area contributed by atoms with E-state index in [0.29, 0.717) is 18.9 Å². The highest BCUT2D eigenvalue weighted by Gasteiger charge is 2.21. The van der Waals surface area contributed by atoms with Crippen LogP contribution in [0.1, 0.15) is 52.1 Å². The third-order valence-electron chi connectivity index (χ3n) is 2.74. The molecule has 0 aliphatic carbocycles. The highest BCUT2D eigenvalue weighted by molar-refractivity contribution is 7.90. The Bertz CT molecular complexity index is 476. The van der Waals surface area contributed by atoms with Crippen molar-refractivity contribution in [3.63, 3.8) is 0 Å². The van der Waals surface area contributed by atoms with Gasteiger partial charge in [-0.3, -0.25) is 9.82 Å². The van der Waals surface area contributed by atoms with E-state index in [4.69, 9.17) is 0 Å². The largest absolute Gasteiger partial charge is 0.302 e. The Hall–Kier alpha value is -1.08. The Balaban J connectivity index is 2.81. The average molecular weight is 288 g/mol. The van der Waals surface area contributed by atoms with E-state index in [1.54, 1.807) is 6.07 Å². The zero-order chi connectivity index (χ0) is 14.5. The average Bonchev–Trinajstić information content (AvgIpc) is 2.76. The number of aromatic amines is 1. The molecule has 2 N–H and O–H groups in total.